The molecule has 0 radical (unpaired) electrons. The van der Waals surface area contributed by atoms with Crippen molar-refractivity contribution in [2.24, 2.45) is 0 Å². The van der Waals surface area contributed by atoms with Gasteiger partial charge in [0.05, 0.1) is 11.2 Å². The van der Waals surface area contributed by atoms with E-state index >= 15 is 0 Å². The minimum Gasteiger partial charge on any atom is -0.369 e. The maximum atomic E-state index is 4.32. The summed E-state index contributed by atoms with van der Waals surface area (Å²) in [5, 5.41) is 0. The van der Waals surface area contributed by atoms with Crippen LogP contribution in [0.15, 0.2) is 35.8 Å². The molecule has 0 bridgehead atoms. The van der Waals surface area contributed by atoms with Crippen LogP contribution in [0.3, 0.4) is 0 Å². The molecule has 122 valence electrons. The van der Waals surface area contributed by atoms with E-state index in [0.717, 1.165) is 39.1 Å². The summed E-state index contributed by atoms with van der Waals surface area (Å²) in [4.78, 5) is 10.8. The van der Waals surface area contributed by atoms with E-state index in [4.69, 9.17) is 0 Å². The Morgan fingerprint density at radius 3 is 2.32 bits per heavy atom. The topological polar surface area (TPSA) is 19.4 Å². The molecule has 0 atom stereocenters. The lowest BCUT2D eigenvalue weighted by Crippen LogP contribution is -2.46. The van der Waals surface area contributed by atoms with E-state index < -0.39 is 0 Å². The molecule has 0 aliphatic carbocycles. The second-order valence-electron chi connectivity index (χ2n) is 5.28. The Bertz CT molecular complexity index is 539. The molecule has 1 fully saturated rings. The summed E-state index contributed by atoms with van der Waals surface area (Å²) in [5.41, 5.74) is 4.52. The molecule has 1 aromatic heterocycles. The summed E-state index contributed by atoms with van der Waals surface area (Å²) in [6.07, 6.45) is 1.14. The molecule has 1 aliphatic rings. The molecule has 0 N–H and O–H groups in total. The zero-order valence-corrected chi connectivity index (χ0v) is 15.2. The third-order valence-electron chi connectivity index (χ3n) is 3.99. The number of hydrogen-bond donors (Lipinski definition) is 0. The average molecular weight is 360 g/mol. The second kappa shape index (κ2) is 9.36. The van der Waals surface area contributed by atoms with Crippen LogP contribution in [0.1, 0.15) is 10.6 Å². The lowest BCUT2D eigenvalue weighted by atomic mass is 10.2. The zero-order valence-electron chi connectivity index (χ0n) is 12.8. The van der Waals surface area contributed by atoms with Gasteiger partial charge in [-0.15, -0.1) is 36.2 Å². The van der Waals surface area contributed by atoms with Crippen molar-refractivity contribution in [2.45, 2.75) is 13.3 Å². The molecule has 0 saturated carbocycles. The van der Waals surface area contributed by atoms with E-state index in [1.807, 2.05) is 5.51 Å². The first-order valence-electron chi connectivity index (χ1n) is 7.24. The lowest BCUT2D eigenvalue weighted by Gasteiger charge is -2.36. The zero-order chi connectivity index (χ0) is 13.8. The molecule has 6 heteroatoms. The molecule has 2 heterocycles. The fourth-order valence-electron chi connectivity index (χ4n) is 2.69. The summed E-state index contributed by atoms with van der Waals surface area (Å²) < 4.78 is 0. The fourth-order valence-corrected chi connectivity index (χ4v) is 3.46. The van der Waals surface area contributed by atoms with E-state index in [1.54, 1.807) is 11.3 Å². The number of rotatable bonds is 4. The molecular weight excluding hydrogens is 337 g/mol. The Hall–Kier alpha value is -0.810. The van der Waals surface area contributed by atoms with Crippen molar-refractivity contribution in [1.82, 2.24) is 9.88 Å². The van der Waals surface area contributed by atoms with Crippen molar-refractivity contribution in [3.05, 3.63) is 46.4 Å². The summed E-state index contributed by atoms with van der Waals surface area (Å²) in [6.45, 7) is 7.85. The monoisotopic (exact) mass is 359 g/mol. The Kier molecular flexibility index (Phi) is 8.18. The molecule has 0 amide bonds. The minimum atomic E-state index is 0. The first kappa shape index (κ1) is 19.2. The molecule has 3 nitrogen and oxygen atoms in total. The van der Waals surface area contributed by atoms with Crippen molar-refractivity contribution in [3.63, 3.8) is 0 Å². The summed E-state index contributed by atoms with van der Waals surface area (Å²) in [5.74, 6) is 0. The van der Waals surface area contributed by atoms with Gasteiger partial charge in [0.1, 0.15) is 0 Å². The SMILES string of the molecule is Cc1ncsc1CCN1CCN(c2ccccc2)CC1.Cl.Cl. The van der Waals surface area contributed by atoms with E-state index in [2.05, 4.69) is 52.0 Å². The van der Waals surface area contributed by atoms with Crippen LogP contribution in [-0.2, 0) is 6.42 Å². The molecule has 1 aliphatic heterocycles. The summed E-state index contributed by atoms with van der Waals surface area (Å²) >= 11 is 1.79. The smallest absolute Gasteiger partial charge is 0.0797 e. The van der Waals surface area contributed by atoms with Gasteiger partial charge < -0.3 is 4.90 Å². The van der Waals surface area contributed by atoms with Crippen molar-refractivity contribution in [2.75, 3.05) is 37.6 Å². The highest BCUT2D eigenvalue weighted by atomic mass is 35.5. The van der Waals surface area contributed by atoms with Gasteiger partial charge in [0.15, 0.2) is 0 Å². The predicted octanol–water partition coefficient (Wildman–Crippen LogP) is 3.66. The number of halogens is 2. The number of thiazole rings is 1. The van der Waals surface area contributed by atoms with Gasteiger partial charge in [-0.05, 0) is 25.5 Å². The van der Waals surface area contributed by atoms with Crippen molar-refractivity contribution < 1.29 is 0 Å². The van der Waals surface area contributed by atoms with E-state index in [-0.39, 0.29) is 24.8 Å². The van der Waals surface area contributed by atoms with Gasteiger partial charge >= 0.3 is 0 Å². The summed E-state index contributed by atoms with van der Waals surface area (Å²) in [7, 11) is 0. The Labute approximate surface area is 149 Å². The number of aromatic nitrogens is 1. The van der Waals surface area contributed by atoms with Crippen LogP contribution in [0.5, 0.6) is 0 Å². The quantitative estimate of drug-likeness (QED) is 0.830. The van der Waals surface area contributed by atoms with E-state index in [9.17, 15) is 0 Å². The lowest BCUT2D eigenvalue weighted by molar-refractivity contribution is 0.261. The maximum Gasteiger partial charge on any atom is 0.0797 e. The Balaban J connectivity index is 0.00000121. The van der Waals surface area contributed by atoms with Gasteiger partial charge in [-0.3, -0.25) is 4.90 Å². The molecule has 1 saturated heterocycles. The standard InChI is InChI=1S/C16H21N3S.2ClH/c1-14-16(20-13-17-14)7-8-18-9-11-19(12-10-18)15-5-3-2-4-6-15;;/h2-6,13H,7-12H2,1H3;2*1H. The van der Waals surface area contributed by atoms with Gasteiger partial charge in [0, 0.05) is 43.3 Å². The fraction of sp³-hybridized carbons (Fsp3) is 0.438. The van der Waals surface area contributed by atoms with Crippen molar-refractivity contribution in [1.29, 1.82) is 0 Å². The van der Waals surface area contributed by atoms with Crippen molar-refractivity contribution in [3.8, 4) is 0 Å². The number of nitrogens with zero attached hydrogens (tertiary/aromatic N) is 3. The van der Waals surface area contributed by atoms with Gasteiger partial charge in [0.25, 0.3) is 0 Å². The highest BCUT2D eigenvalue weighted by molar-refractivity contribution is 7.09. The number of hydrogen-bond acceptors (Lipinski definition) is 4. The van der Waals surface area contributed by atoms with Crippen LogP contribution in [0.4, 0.5) is 5.69 Å². The normalized spacial score (nSPS) is 15.0. The Morgan fingerprint density at radius 2 is 1.73 bits per heavy atom. The molecular formula is C16H23Cl2N3S. The van der Waals surface area contributed by atoms with E-state index in [0.29, 0.717) is 0 Å². The molecule has 2 aromatic rings. The van der Waals surface area contributed by atoms with Crippen molar-refractivity contribution >= 4 is 41.8 Å². The minimum absolute atomic E-state index is 0. The molecule has 22 heavy (non-hydrogen) atoms. The first-order chi connectivity index (χ1) is 9.83. The second-order valence-corrected chi connectivity index (χ2v) is 6.21. The van der Waals surface area contributed by atoms with Crippen LogP contribution in [0, 0.1) is 6.92 Å². The maximum absolute atomic E-state index is 4.32. The van der Waals surface area contributed by atoms with Gasteiger partial charge in [-0.25, -0.2) is 4.98 Å². The largest absolute Gasteiger partial charge is 0.369 e. The van der Waals surface area contributed by atoms with E-state index in [1.165, 1.54) is 16.3 Å². The predicted molar refractivity (Wildman–Crippen MR) is 100 cm³/mol. The van der Waals surface area contributed by atoms with Crippen LogP contribution >= 0.6 is 36.2 Å². The number of para-hydroxylation sites is 1. The molecule has 0 spiro atoms. The third-order valence-corrected chi connectivity index (χ3v) is 4.99. The molecule has 3 rings (SSSR count). The highest BCUT2D eigenvalue weighted by Crippen LogP contribution is 2.17. The summed E-state index contributed by atoms with van der Waals surface area (Å²) in [6, 6.07) is 10.7. The highest BCUT2D eigenvalue weighted by Gasteiger charge is 2.17. The van der Waals surface area contributed by atoms with Crippen LogP contribution in [0.25, 0.3) is 0 Å². The van der Waals surface area contributed by atoms with Crippen LogP contribution < -0.4 is 4.90 Å². The first-order valence-corrected chi connectivity index (χ1v) is 8.12. The number of aryl methyl sites for hydroxylation is 1. The average Bonchev–Trinajstić information content (AvgIpc) is 2.92. The van der Waals surface area contributed by atoms with Crippen LogP contribution in [0.2, 0.25) is 0 Å². The third kappa shape index (κ3) is 4.85. The molecule has 0 unspecified atom stereocenters. The molecule has 1 aromatic carbocycles. The number of anilines is 1. The Morgan fingerprint density at radius 1 is 1.05 bits per heavy atom. The number of piperazine rings is 1. The van der Waals surface area contributed by atoms with Gasteiger partial charge in [0.2, 0.25) is 0 Å². The van der Waals surface area contributed by atoms with Gasteiger partial charge in [-0.2, -0.15) is 0 Å². The van der Waals surface area contributed by atoms with Gasteiger partial charge in [-0.1, -0.05) is 18.2 Å². The van der Waals surface area contributed by atoms with Crippen LogP contribution in [-0.4, -0.2) is 42.6 Å². The number of benzene rings is 1.